The van der Waals surface area contributed by atoms with Gasteiger partial charge in [0, 0.05) is 50.3 Å². The number of hydrogen-bond donors (Lipinski definition) is 3. The summed E-state index contributed by atoms with van der Waals surface area (Å²) < 4.78 is 24.2. The maximum Gasteiger partial charge on any atom is 0.240 e. The van der Waals surface area contributed by atoms with Crippen molar-refractivity contribution in [2.45, 2.75) is 36.4 Å². The van der Waals surface area contributed by atoms with Crippen molar-refractivity contribution in [3.05, 3.63) is 94.5 Å². The number of fused-ring (bicyclic) bond motifs is 1. The zero-order valence-electron chi connectivity index (χ0n) is 22.9. The van der Waals surface area contributed by atoms with Gasteiger partial charge in [-0.25, -0.2) is 13.6 Å². The number of amides is 1. The predicted molar refractivity (Wildman–Crippen MR) is 176 cm³/mol. The number of carbonyl (C=O) groups excluding carboxylic acids is 1. The van der Waals surface area contributed by atoms with Gasteiger partial charge in [0.05, 0.1) is 11.7 Å². The first kappa shape index (κ1) is 36.1. The normalized spacial score (nSPS) is 17.1. The Morgan fingerprint density at radius 2 is 1.55 bits per heavy atom. The summed E-state index contributed by atoms with van der Waals surface area (Å²) in [5, 5.41) is 13.3. The van der Waals surface area contributed by atoms with Crippen molar-refractivity contribution in [2.75, 3.05) is 37.6 Å². The molecule has 2 heterocycles. The number of rotatable bonds is 8. The molecule has 3 aromatic carbocycles. The highest BCUT2D eigenvalue weighted by Gasteiger charge is 2.30. The number of anilines is 1. The summed E-state index contributed by atoms with van der Waals surface area (Å²) in [5.41, 5.74) is 4.28. The molecule has 42 heavy (non-hydrogen) atoms. The summed E-state index contributed by atoms with van der Waals surface area (Å²) in [4.78, 5) is 17.7. The van der Waals surface area contributed by atoms with Crippen LogP contribution >= 0.6 is 48.8 Å². The predicted octanol–water partition coefficient (Wildman–Crippen LogP) is 3.82. The fourth-order valence-corrected chi connectivity index (χ4v) is 6.28. The molecule has 3 aromatic rings. The van der Waals surface area contributed by atoms with E-state index < -0.39 is 16.1 Å². The molecule has 1 amide bonds. The fourth-order valence-electron chi connectivity index (χ4n) is 5.40. The molecular weight excluding hydrogens is 640 g/mol. The lowest BCUT2D eigenvalue weighted by atomic mass is 9.95. The number of sulfonamides is 1. The lowest BCUT2D eigenvalue weighted by Gasteiger charge is -2.38. The first-order valence-corrected chi connectivity index (χ1v) is 15.1. The first-order chi connectivity index (χ1) is 18.8. The Hall–Kier alpha value is -2.08. The molecule has 230 valence electrons. The average Bonchev–Trinajstić information content (AvgIpc) is 2.95. The minimum Gasteiger partial charge on any atom is -0.367 e. The van der Waals surface area contributed by atoms with Crippen molar-refractivity contribution in [1.29, 1.82) is 0 Å². The number of nitrogens with two attached hydrogens (primary N) is 1. The van der Waals surface area contributed by atoms with Crippen LogP contribution < -0.4 is 20.7 Å². The van der Waals surface area contributed by atoms with Crippen LogP contribution in [0.4, 0.5) is 5.69 Å². The number of hydrogen-bond acceptors (Lipinski definition) is 6. The summed E-state index contributed by atoms with van der Waals surface area (Å²) in [6.45, 7) is 3.51. The monoisotopic (exact) mass is 675 g/mol. The van der Waals surface area contributed by atoms with Crippen molar-refractivity contribution in [3.8, 4) is 0 Å². The Bertz CT molecular complexity index is 1420. The molecule has 0 aliphatic carbocycles. The quantitative estimate of drug-likeness (QED) is 0.335. The average molecular weight is 678 g/mol. The van der Waals surface area contributed by atoms with Gasteiger partial charge in [-0.3, -0.25) is 4.79 Å². The Labute approximate surface area is 271 Å². The van der Waals surface area contributed by atoms with Crippen molar-refractivity contribution in [1.82, 2.24) is 15.5 Å². The van der Waals surface area contributed by atoms with E-state index in [-0.39, 0.29) is 54.1 Å². The van der Waals surface area contributed by atoms with Crippen molar-refractivity contribution < 1.29 is 13.2 Å². The van der Waals surface area contributed by atoms with Gasteiger partial charge in [0.1, 0.15) is 4.90 Å². The largest absolute Gasteiger partial charge is 0.367 e. The van der Waals surface area contributed by atoms with Crippen LogP contribution in [0.25, 0.3) is 0 Å². The van der Waals surface area contributed by atoms with Crippen LogP contribution in [-0.4, -0.2) is 64.0 Å². The molecule has 0 bridgehead atoms. The number of piperazine rings is 1. The van der Waals surface area contributed by atoms with E-state index in [4.69, 9.17) is 16.7 Å². The van der Waals surface area contributed by atoms with Crippen LogP contribution in [0.3, 0.4) is 0 Å². The molecule has 2 aliphatic heterocycles. The van der Waals surface area contributed by atoms with E-state index in [9.17, 15) is 13.2 Å². The van der Waals surface area contributed by atoms with Crippen molar-refractivity contribution in [3.63, 3.8) is 0 Å². The van der Waals surface area contributed by atoms with Gasteiger partial charge < -0.3 is 20.4 Å². The molecule has 0 saturated carbocycles. The second kappa shape index (κ2) is 16.1. The number of primary sulfonamides is 1. The zero-order chi connectivity index (χ0) is 27.4. The molecule has 13 heteroatoms. The third kappa shape index (κ3) is 8.97. The molecule has 1 unspecified atom stereocenters. The summed E-state index contributed by atoms with van der Waals surface area (Å²) in [5.74, 6) is 0.0422. The highest BCUT2D eigenvalue weighted by atomic mass is 35.5. The molecule has 1 saturated heterocycles. The van der Waals surface area contributed by atoms with E-state index in [0.29, 0.717) is 49.9 Å². The van der Waals surface area contributed by atoms with Gasteiger partial charge in [0.2, 0.25) is 15.9 Å². The van der Waals surface area contributed by atoms with E-state index in [0.717, 1.165) is 18.5 Å². The van der Waals surface area contributed by atoms with Gasteiger partial charge in [-0.1, -0.05) is 60.1 Å². The number of nitrogens with zero attached hydrogens (tertiary/aromatic N) is 2. The lowest BCUT2D eigenvalue weighted by molar-refractivity contribution is -0.133. The van der Waals surface area contributed by atoms with Gasteiger partial charge in [0.15, 0.2) is 0 Å². The SMILES string of the molecule is Cl.Cl.Cl.NS(=O)(=O)c1ccccc1N1CCN(C(=O)[C@@H](Cc2ccc(Cl)cc2)NCC2Cc3ccccc3CN2)CC1. The molecular formula is C29H37Cl4N5O3S. The van der Waals surface area contributed by atoms with Gasteiger partial charge in [-0.15, -0.1) is 37.2 Å². The van der Waals surface area contributed by atoms with Crippen LogP contribution in [0.15, 0.2) is 77.7 Å². The number of halogens is 4. The number of carbonyl (C=O) groups is 1. The minimum absolute atomic E-state index is 0. The van der Waals surface area contributed by atoms with Crippen LogP contribution in [-0.2, 0) is 34.2 Å². The van der Waals surface area contributed by atoms with Crippen LogP contribution in [0.1, 0.15) is 16.7 Å². The van der Waals surface area contributed by atoms with E-state index in [1.807, 2.05) is 34.1 Å². The van der Waals surface area contributed by atoms with Crippen molar-refractivity contribution in [2.24, 2.45) is 5.14 Å². The zero-order valence-corrected chi connectivity index (χ0v) is 27.0. The molecule has 8 nitrogen and oxygen atoms in total. The highest BCUT2D eigenvalue weighted by molar-refractivity contribution is 7.89. The smallest absolute Gasteiger partial charge is 0.240 e. The third-order valence-electron chi connectivity index (χ3n) is 7.53. The summed E-state index contributed by atoms with van der Waals surface area (Å²) >= 11 is 6.09. The van der Waals surface area contributed by atoms with Gasteiger partial charge in [-0.2, -0.15) is 0 Å². The Morgan fingerprint density at radius 1 is 0.929 bits per heavy atom. The van der Waals surface area contributed by atoms with Crippen LogP contribution in [0, 0.1) is 0 Å². The molecule has 0 radical (unpaired) electrons. The number of para-hydroxylation sites is 1. The topological polar surface area (TPSA) is 108 Å². The second-order valence-corrected chi connectivity index (χ2v) is 12.1. The summed E-state index contributed by atoms with van der Waals surface area (Å²) in [6.07, 6.45) is 1.46. The maximum absolute atomic E-state index is 13.8. The molecule has 2 aliphatic rings. The van der Waals surface area contributed by atoms with Gasteiger partial charge in [-0.05, 0) is 53.8 Å². The Morgan fingerprint density at radius 3 is 2.21 bits per heavy atom. The Balaban J connectivity index is 0.00000205. The van der Waals surface area contributed by atoms with Gasteiger partial charge in [0.25, 0.3) is 0 Å². The summed E-state index contributed by atoms with van der Waals surface area (Å²) in [6, 6.07) is 22.6. The molecule has 0 spiro atoms. The molecule has 5 rings (SSSR count). The van der Waals surface area contributed by atoms with E-state index in [1.165, 1.54) is 17.2 Å². The standard InChI is InChI=1S/C29H34ClN5O3S.3ClH/c30-24-11-9-21(10-12-24)17-26(33-20-25-18-22-5-1-2-6-23(22)19-32-25)29(36)35-15-13-34(14-16-35)27-7-3-4-8-28(27)39(31,37)38;;;/h1-12,25-26,32-33H,13-20H2,(H2,31,37,38);3*1H/t25?,26-;;;/m1.../s1. The Kier molecular flexibility index (Phi) is 13.9. The van der Waals surface area contributed by atoms with Crippen LogP contribution in [0.5, 0.6) is 0 Å². The number of nitrogens with one attached hydrogen (secondary N) is 2. The lowest BCUT2D eigenvalue weighted by Crippen LogP contribution is -2.56. The first-order valence-electron chi connectivity index (χ1n) is 13.2. The van der Waals surface area contributed by atoms with E-state index in [1.54, 1.807) is 18.2 Å². The van der Waals surface area contributed by atoms with E-state index in [2.05, 4.69) is 34.9 Å². The highest BCUT2D eigenvalue weighted by Crippen LogP contribution is 2.25. The minimum atomic E-state index is -3.85. The third-order valence-corrected chi connectivity index (χ3v) is 8.74. The molecule has 2 atom stereocenters. The van der Waals surface area contributed by atoms with Gasteiger partial charge >= 0.3 is 0 Å². The van der Waals surface area contributed by atoms with E-state index >= 15 is 0 Å². The number of benzene rings is 3. The molecule has 1 fully saturated rings. The maximum atomic E-state index is 13.8. The molecule has 0 aromatic heterocycles. The van der Waals surface area contributed by atoms with Crippen molar-refractivity contribution >= 4 is 70.4 Å². The van der Waals surface area contributed by atoms with Crippen LogP contribution in [0.2, 0.25) is 5.02 Å². The summed E-state index contributed by atoms with van der Waals surface area (Å²) in [7, 11) is -3.85. The second-order valence-electron chi connectivity index (χ2n) is 10.2. The fraction of sp³-hybridized carbons (Fsp3) is 0.345. The molecule has 4 N–H and O–H groups in total.